The molecule has 0 aliphatic carbocycles. The van der Waals surface area contributed by atoms with E-state index in [4.69, 9.17) is 10.5 Å². The number of carbonyl (C=O) groups excluding carboxylic acids is 1. The Morgan fingerprint density at radius 2 is 2.33 bits per heavy atom. The number of hydrogen-bond donors (Lipinski definition) is 3. The van der Waals surface area contributed by atoms with E-state index in [-0.39, 0.29) is 18.3 Å². The molecule has 0 spiro atoms. The number of amides is 1. The number of nitrogens with zero attached hydrogens (tertiary/aromatic N) is 2. The van der Waals surface area contributed by atoms with Gasteiger partial charge in [0, 0.05) is 11.8 Å². The van der Waals surface area contributed by atoms with Gasteiger partial charge >= 0.3 is 0 Å². The molecule has 1 aromatic heterocycles. The normalized spacial score (nSPS) is 11.9. The molecular weight excluding hydrogens is 272 g/mol. The third-order valence-electron chi connectivity index (χ3n) is 3.04. The van der Waals surface area contributed by atoms with Crippen molar-refractivity contribution in [3.63, 3.8) is 0 Å². The molecule has 112 valence electrons. The lowest BCUT2D eigenvalue weighted by atomic mass is 10.1. The minimum absolute atomic E-state index is 0.0282. The van der Waals surface area contributed by atoms with Crippen molar-refractivity contribution >= 4 is 11.6 Å². The number of hydrogen-bond acceptors (Lipinski definition) is 5. The van der Waals surface area contributed by atoms with E-state index >= 15 is 0 Å². The molecule has 4 N–H and O–H groups in total. The van der Waals surface area contributed by atoms with E-state index in [1.165, 1.54) is 4.68 Å². The summed E-state index contributed by atoms with van der Waals surface area (Å²) < 4.78 is 6.60. The number of nitrogens with one attached hydrogen (secondary N) is 1. The third-order valence-corrected chi connectivity index (χ3v) is 3.04. The van der Waals surface area contributed by atoms with Crippen LogP contribution in [0.2, 0.25) is 0 Å². The van der Waals surface area contributed by atoms with E-state index < -0.39 is 5.91 Å². The SMILES string of the molecule is COc1ccc(O)c(C(C)Nc2cnn(CC(N)=O)c2)c1. The molecule has 7 heteroatoms. The highest BCUT2D eigenvalue weighted by molar-refractivity contribution is 5.73. The van der Waals surface area contributed by atoms with Crippen LogP contribution in [0.1, 0.15) is 18.5 Å². The number of carbonyl (C=O) groups is 1. The Morgan fingerprint density at radius 1 is 1.57 bits per heavy atom. The number of primary amides is 1. The van der Waals surface area contributed by atoms with Crippen molar-refractivity contribution in [3.05, 3.63) is 36.2 Å². The van der Waals surface area contributed by atoms with Crippen LogP contribution in [0.3, 0.4) is 0 Å². The molecule has 1 heterocycles. The van der Waals surface area contributed by atoms with Gasteiger partial charge in [0.2, 0.25) is 5.91 Å². The molecule has 0 saturated heterocycles. The lowest BCUT2D eigenvalue weighted by Crippen LogP contribution is -2.18. The summed E-state index contributed by atoms with van der Waals surface area (Å²) in [6.07, 6.45) is 3.27. The minimum atomic E-state index is -0.455. The standard InChI is InChI=1S/C14H18N4O3/c1-9(12-5-11(21-2)3-4-13(12)19)17-10-6-16-18(7-10)8-14(15)20/h3-7,9,17,19H,8H2,1-2H3,(H2,15,20). The second-order valence-corrected chi connectivity index (χ2v) is 4.68. The lowest BCUT2D eigenvalue weighted by molar-refractivity contribution is -0.118. The number of aromatic nitrogens is 2. The maximum absolute atomic E-state index is 10.8. The molecule has 0 aliphatic heterocycles. The van der Waals surface area contributed by atoms with Gasteiger partial charge in [-0.2, -0.15) is 5.10 Å². The molecule has 1 amide bonds. The van der Waals surface area contributed by atoms with Crippen LogP contribution in [0.4, 0.5) is 5.69 Å². The number of phenols is 1. The monoisotopic (exact) mass is 290 g/mol. The Kier molecular flexibility index (Phi) is 4.32. The molecule has 0 radical (unpaired) electrons. The van der Waals surface area contributed by atoms with Crippen LogP contribution in [0.5, 0.6) is 11.5 Å². The molecule has 0 saturated carbocycles. The van der Waals surface area contributed by atoms with Crippen molar-refractivity contribution in [1.29, 1.82) is 0 Å². The smallest absolute Gasteiger partial charge is 0.239 e. The van der Waals surface area contributed by atoms with Gasteiger partial charge in [0.25, 0.3) is 0 Å². The topological polar surface area (TPSA) is 102 Å². The highest BCUT2D eigenvalue weighted by atomic mass is 16.5. The molecule has 2 aromatic rings. The third kappa shape index (κ3) is 3.65. The summed E-state index contributed by atoms with van der Waals surface area (Å²) >= 11 is 0. The van der Waals surface area contributed by atoms with Gasteiger partial charge in [-0.1, -0.05) is 0 Å². The molecule has 1 atom stereocenters. The molecule has 7 nitrogen and oxygen atoms in total. The number of anilines is 1. The van der Waals surface area contributed by atoms with E-state index in [1.54, 1.807) is 37.7 Å². The first-order valence-corrected chi connectivity index (χ1v) is 6.44. The maximum atomic E-state index is 10.8. The Labute approximate surface area is 122 Å². The Balaban J connectivity index is 2.12. The first-order valence-electron chi connectivity index (χ1n) is 6.44. The summed E-state index contributed by atoms with van der Waals surface area (Å²) in [4.78, 5) is 10.8. The fourth-order valence-electron chi connectivity index (χ4n) is 2.02. The molecule has 1 unspecified atom stereocenters. The minimum Gasteiger partial charge on any atom is -0.508 e. The van der Waals surface area contributed by atoms with Gasteiger partial charge in [0.15, 0.2) is 0 Å². The molecule has 1 aromatic carbocycles. The number of phenolic OH excluding ortho intramolecular Hbond substituents is 1. The van der Waals surface area contributed by atoms with Gasteiger partial charge in [-0.15, -0.1) is 0 Å². The van der Waals surface area contributed by atoms with E-state index in [0.29, 0.717) is 11.3 Å². The van der Waals surface area contributed by atoms with Crippen molar-refractivity contribution < 1.29 is 14.6 Å². The average Bonchev–Trinajstić information content (AvgIpc) is 2.85. The molecule has 0 fully saturated rings. The van der Waals surface area contributed by atoms with Crippen molar-refractivity contribution in [2.24, 2.45) is 5.73 Å². The summed E-state index contributed by atoms with van der Waals surface area (Å²) in [5.74, 6) is 0.393. The Bertz CT molecular complexity index is 639. The van der Waals surface area contributed by atoms with Crippen molar-refractivity contribution in [2.45, 2.75) is 19.5 Å². The van der Waals surface area contributed by atoms with Crippen LogP contribution < -0.4 is 15.8 Å². The zero-order valence-corrected chi connectivity index (χ0v) is 11.9. The predicted octanol–water partition coefficient (Wildman–Crippen LogP) is 1.26. The van der Waals surface area contributed by atoms with E-state index in [0.717, 1.165) is 5.69 Å². The second kappa shape index (κ2) is 6.17. The molecule has 0 aliphatic rings. The van der Waals surface area contributed by atoms with Crippen molar-refractivity contribution in [3.8, 4) is 11.5 Å². The van der Waals surface area contributed by atoms with Crippen LogP contribution in [0, 0.1) is 0 Å². The van der Waals surface area contributed by atoms with E-state index in [9.17, 15) is 9.90 Å². The maximum Gasteiger partial charge on any atom is 0.239 e. The zero-order valence-electron chi connectivity index (χ0n) is 11.9. The largest absolute Gasteiger partial charge is 0.508 e. The summed E-state index contributed by atoms with van der Waals surface area (Å²) in [6, 6.07) is 4.88. The number of aromatic hydroxyl groups is 1. The summed E-state index contributed by atoms with van der Waals surface area (Å²) in [6.45, 7) is 1.93. The van der Waals surface area contributed by atoms with Crippen LogP contribution >= 0.6 is 0 Å². The number of rotatable bonds is 6. The van der Waals surface area contributed by atoms with Gasteiger partial charge in [0.05, 0.1) is 25.0 Å². The Hall–Kier alpha value is -2.70. The molecule has 0 bridgehead atoms. The lowest BCUT2D eigenvalue weighted by Gasteiger charge is -2.16. The van der Waals surface area contributed by atoms with Crippen LogP contribution in [0.15, 0.2) is 30.6 Å². The van der Waals surface area contributed by atoms with Crippen LogP contribution in [-0.4, -0.2) is 27.9 Å². The molecule has 2 rings (SSSR count). The van der Waals surface area contributed by atoms with E-state index in [1.807, 2.05) is 6.92 Å². The summed E-state index contributed by atoms with van der Waals surface area (Å²) in [5, 5.41) is 17.1. The van der Waals surface area contributed by atoms with Gasteiger partial charge in [0.1, 0.15) is 18.0 Å². The molecule has 21 heavy (non-hydrogen) atoms. The number of nitrogens with two attached hydrogens (primary N) is 1. The first-order chi connectivity index (χ1) is 9.99. The number of benzene rings is 1. The van der Waals surface area contributed by atoms with E-state index in [2.05, 4.69) is 10.4 Å². The summed E-state index contributed by atoms with van der Waals surface area (Å²) in [7, 11) is 1.57. The highest BCUT2D eigenvalue weighted by Crippen LogP contribution is 2.30. The quantitative estimate of drug-likeness (QED) is 0.743. The van der Waals surface area contributed by atoms with Crippen molar-refractivity contribution in [2.75, 3.05) is 12.4 Å². The second-order valence-electron chi connectivity index (χ2n) is 4.68. The highest BCUT2D eigenvalue weighted by Gasteiger charge is 2.12. The predicted molar refractivity (Wildman–Crippen MR) is 78.1 cm³/mol. The van der Waals surface area contributed by atoms with Gasteiger partial charge in [-0.25, -0.2) is 0 Å². The van der Waals surface area contributed by atoms with Crippen LogP contribution in [0.25, 0.3) is 0 Å². The van der Waals surface area contributed by atoms with Crippen molar-refractivity contribution in [1.82, 2.24) is 9.78 Å². The average molecular weight is 290 g/mol. The van der Waals surface area contributed by atoms with Gasteiger partial charge in [-0.3, -0.25) is 9.48 Å². The number of ether oxygens (including phenoxy) is 1. The fourth-order valence-corrected chi connectivity index (χ4v) is 2.02. The fraction of sp³-hybridized carbons (Fsp3) is 0.286. The summed E-state index contributed by atoms with van der Waals surface area (Å²) in [5.41, 5.74) is 6.54. The zero-order chi connectivity index (χ0) is 15.4. The Morgan fingerprint density at radius 3 is 3.00 bits per heavy atom. The van der Waals surface area contributed by atoms with Crippen LogP contribution in [-0.2, 0) is 11.3 Å². The number of methoxy groups -OCH3 is 1. The molecular formula is C14H18N4O3. The van der Waals surface area contributed by atoms with Gasteiger partial charge < -0.3 is 20.9 Å². The first kappa shape index (κ1) is 14.7. The van der Waals surface area contributed by atoms with Gasteiger partial charge in [-0.05, 0) is 25.1 Å².